The van der Waals surface area contributed by atoms with Crippen molar-refractivity contribution in [1.82, 2.24) is 10.2 Å². The Labute approximate surface area is 192 Å². The number of nitrogens with zero attached hydrogens (tertiary/aromatic N) is 3. The van der Waals surface area contributed by atoms with Crippen molar-refractivity contribution in [3.63, 3.8) is 0 Å². The third-order valence-corrected chi connectivity index (χ3v) is 8.45. The number of benzene rings is 1. The molecule has 4 aliphatic rings. The van der Waals surface area contributed by atoms with Crippen LogP contribution in [0.15, 0.2) is 29.3 Å². The Bertz CT molecular complexity index is 863. The van der Waals surface area contributed by atoms with Crippen molar-refractivity contribution in [3.8, 4) is 0 Å². The van der Waals surface area contributed by atoms with E-state index in [0.717, 1.165) is 57.9 Å². The second-order valence-electron chi connectivity index (χ2n) is 10.0. The molecule has 1 N–H and O–H groups in total. The molecule has 32 heavy (non-hydrogen) atoms. The fourth-order valence-electron chi connectivity index (χ4n) is 6.70. The van der Waals surface area contributed by atoms with Gasteiger partial charge in [-0.2, -0.15) is 0 Å². The summed E-state index contributed by atoms with van der Waals surface area (Å²) in [6.45, 7) is 5.62. The molecule has 3 atom stereocenters. The Kier molecular flexibility index (Phi) is 6.15. The monoisotopic (exact) mass is 438 g/mol. The first-order valence-corrected chi connectivity index (χ1v) is 12.7. The molecule has 1 saturated heterocycles. The van der Waals surface area contributed by atoms with Crippen molar-refractivity contribution in [2.24, 2.45) is 10.4 Å². The summed E-state index contributed by atoms with van der Waals surface area (Å²) >= 11 is 0. The largest absolute Gasteiger partial charge is 0.378 e. The maximum Gasteiger partial charge on any atom is 0.222 e. The van der Waals surface area contributed by atoms with Crippen LogP contribution in [0, 0.1) is 5.41 Å². The van der Waals surface area contributed by atoms with Gasteiger partial charge in [-0.05, 0) is 50.7 Å². The molecule has 6 nitrogen and oxygen atoms in total. The summed E-state index contributed by atoms with van der Waals surface area (Å²) in [6.07, 6.45) is 9.34. The van der Waals surface area contributed by atoms with E-state index in [1.807, 2.05) is 11.9 Å². The number of rotatable bonds is 6. The first kappa shape index (κ1) is 21.7. The van der Waals surface area contributed by atoms with Gasteiger partial charge in [0.1, 0.15) is 0 Å². The lowest BCUT2D eigenvalue weighted by Crippen LogP contribution is -2.65. The van der Waals surface area contributed by atoms with Crippen molar-refractivity contribution < 1.29 is 9.53 Å². The van der Waals surface area contributed by atoms with Gasteiger partial charge in [0.2, 0.25) is 5.91 Å². The van der Waals surface area contributed by atoms with Crippen molar-refractivity contribution in [2.45, 2.75) is 76.4 Å². The van der Waals surface area contributed by atoms with E-state index in [1.54, 1.807) is 0 Å². The molecular formula is C26H38N4O2. The first-order valence-electron chi connectivity index (χ1n) is 12.7. The highest BCUT2D eigenvalue weighted by Crippen LogP contribution is 2.55. The van der Waals surface area contributed by atoms with Crippen molar-refractivity contribution >= 4 is 17.6 Å². The molecule has 1 aromatic rings. The Balaban J connectivity index is 1.29. The smallest absolute Gasteiger partial charge is 0.222 e. The van der Waals surface area contributed by atoms with Crippen LogP contribution in [0.5, 0.6) is 0 Å². The Hall–Kier alpha value is -2.08. The van der Waals surface area contributed by atoms with Gasteiger partial charge < -0.3 is 19.9 Å². The number of nitrogens with one attached hydrogen (secondary N) is 1. The maximum absolute atomic E-state index is 12.1. The summed E-state index contributed by atoms with van der Waals surface area (Å²) in [5.41, 5.74) is 2.93. The number of fused-ring (bicyclic) bond motifs is 1. The molecule has 0 bridgehead atoms. The zero-order chi connectivity index (χ0) is 22.1. The van der Waals surface area contributed by atoms with Gasteiger partial charge in [-0.1, -0.05) is 31.0 Å². The third-order valence-electron chi connectivity index (χ3n) is 8.45. The van der Waals surface area contributed by atoms with Crippen LogP contribution in [0.3, 0.4) is 0 Å². The van der Waals surface area contributed by atoms with E-state index in [2.05, 4.69) is 41.4 Å². The van der Waals surface area contributed by atoms with Crippen molar-refractivity contribution in [2.75, 3.05) is 38.2 Å². The minimum atomic E-state index is 0.278. The highest BCUT2D eigenvalue weighted by atomic mass is 16.5. The van der Waals surface area contributed by atoms with Crippen molar-refractivity contribution in [1.29, 1.82) is 0 Å². The molecule has 2 aliphatic heterocycles. The average molecular weight is 439 g/mol. The number of carbonyl (C=O) groups is 1. The molecule has 1 amide bonds. The van der Waals surface area contributed by atoms with Crippen LogP contribution < -0.4 is 10.2 Å². The van der Waals surface area contributed by atoms with Crippen molar-refractivity contribution in [3.05, 3.63) is 29.8 Å². The quantitative estimate of drug-likeness (QED) is 0.540. The number of carbonyl (C=O) groups excluding carboxylic acids is 1. The number of hydrogen-bond donors (Lipinski definition) is 1. The van der Waals surface area contributed by atoms with Gasteiger partial charge in [0.05, 0.1) is 6.10 Å². The molecule has 2 saturated carbocycles. The zero-order valence-corrected chi connectivity index (χ0v) is 19.7. The van der Waals surface area contributed by atoms with Crippen LogP contribution in [0.25, 0.3) is 0 Å². The minimum Gasteiger partial charge on any atom is -0.378 e. The lowest BCUT2D eigenvalue weighted by atomic mass is 9.60. The summed E-state index contributed by atoms with van der Waals surface area (Å²) in [4.78, 5) is 21.2. The summed E-state index contributed by atoms with van der Waals surface area (Å²) < 4.78 is 6.12. The van der Waals surface area contributed by atoms with Gasteiger partial charge in [0, 0.05) is 62.8 Å². The lowest BCUT2D eigenvalue weighted by Gasteiger charge is -2.54. The summed E-state index contributed by atoms with van der Waals surface area (Å²) in [7, 11) is 1.90. The standard InChI is InChI=1S/C26H38N4O2/c1-3-32-23-17-22(26(23)13-6-7-14-26)28-25(27-2)30-18-19(20-9-4-5-10-21(20)30)12-16-29-15-8-11-24(29)31/h4-5,9-10,19,22-23H,3,6-8,11-18H2,1-2H3,(H,27,28). The number of likely N-dealkylation sites (tertiary alicyclic amines) is 1. The predicted octanol–water partition coefficient (Wildman–Crippen LogP) is 3.92. The van der Waals surface area contributed by atoms with Gasteiger partial charge in [0.25, 0.3) is 0 Å². The van der Waals surface area contributed by atoms with Crippen LogP contribution >= 0.6 is 0 Å². The number of para-hydroxylation sites is 1. The van der Waals surface area contributed by atoms with Crippen LogP contribution in [-0.4, -0.2) is 62.2 Å². The number of guanidine groups is 1. The van der Waals surface area contributed by atoms with E-state index in [-0.39, 0.29) is 5.41 Å². The fourth-order valence-corrected chi connectivity index (χ4v) is 6.70. The summed E-state index contributed by atoms with van der Waals surface area (Å²) in [6, 6.07) is 9.18. The van der Waals surface area contributed by atoms with E-state index >= 15 is 0 Å². The Morgan fingerprint density at radius 2 is 2.06 bits per heavy atom. The van der Waals surface area contributed by atoms with Gasteiger partial charge in [-0.15, -0.1) is 0 Å². The number of anilines is 1. The average Bonchev–Trinajstić information content (AvgIpc) is 3.55. The van der Waals surface area contributed by atoms with E-state index < -0.39 is 0 Å². The molecule has 1 aromatic carbocycles. The fraction of sp³-hybridized carbons (Fsp3) is 0.692. The molecule has 1 spiro atoms. The van der Waals surface area contributed by atoms with E-state index in [1.165, 1.54) is 36.9 Å². The molecule has 0 aromatic heterocycles. The Morgan fingerprint density at radius 1 is 1.25 bits per heavy atom. The predicted molar refractivity (Wildman–Crippen MR) is 128 cm³/mol. The van der Waals surface area contributed by atoms with E-state index in [0.29, 0.717) is 24.0 Å². The molecule has 0 radical (unpaired) electrons. The Morgan fingerprint density at radius 3 is 2.78 bits per heavy atom. The normalized spacial score (nSPS) is 29.0. The molecule has 5 rings (SSSR count). The number of aliphatic imine (C=N–C) groups is 1. The second-order valence-corrected chi connectivity index (χ2v) is 10.0. The summed E-state index contributed by atoms with van der Waals surface area (Å²) in [5, 5.41) is 3.86. The van der Waals surface area contributed by atoms with Gasteiger partial charge >= 0.3 is 0 Å². The first-order chi connectivity index (χ1) is 15.7. The van der Waals surface area contributed by atoms with E-state index in [4.69, 9.17) is 9.73 Å². The molecular weight excluding hydrogens is 400 g/mol. The second kappa shape index (κ2) is 9.05. The van der Waals surface area contributed by atoms with Gasteiger partial charge in [0.15, 0.2) is 5.96 Å². The third kappa shape index (κ3) is 3.70. The zero-order valence-electron chi connectivity index (χ0n) is 19.7. The lowest BCUT2D eigenvalue weighted by molar-refractivity contribution is -0.127. The highest BCUT2D eigenvalue weighted by molar-refractivity contribution is 5.98. The molecule has 3 unspecified atom stereocenters. The van der Waals surface area contributed by atoms with E-state index in [9.17, 15) is 4.79 Å². The van der Waals surface area contributed by atoms with Crippen LogP contribution in [0.4, 0.5) is 5.69 Å². The van der Waals surface area contributed by atoms with Gasteiger partial charge in [-0.25, -0.2) is 0 Å². The molecule has 6 heteroatoms. The topological polar surface area (TPSA) is 57.2 Å². The van der Waals surface area contributed by atoms with Crippen LogP contribution in [0.1, 0.15) is 69.8 Å². The van der Waals surface area contributed by atoms with Gasteiger partial charge in [-0.3, -0.25) is 9.79 Å². The molecule has 2 heterocycles. The number of amides is 1. The molecule has 174 valence electrons. The van der Waals surface area contributed by atoms with Crippen LogP contribution in [-0.2, 0) is 9.53 Å². The highest BCUT2D eigenvalue weighted by Gasteiger charge is 2.57. The minimum absolute atomic E-state index is 0.278. The molecule has 3 fully saturated rings. The van der Waals surface area contributed by atoms with Crippen LogP contribution in [0.2, 0.25) is 0 Å². The SMILES string of the molecule is CCOC1CC(NC(=NC)N2CC(CCN3CCCC3=O)c3ccccc32)C12CCCC2. The number of ether oxygens (including phenoxy) is 1. The molecule has 2 aliphatic carbocycles. The number of hydrogen-bond acceptors (Lipinski definition) is 3. The maximum atomic E-state index is 12.1. The summed E-state index contributed by atoms with van der Waals surface area (Å²) in [5.74, 6) is 1.74.